The molecule has 1 fully saturated rings. The summed E-state index contributed by atoms with van der Waals surface area (Å²) in [5.41, 5.74) is 1.70. The van der Waals surface area contributed by atoms with Crippen molar-refractivity contribution in [1.82, 2.24) is 5.43 Å². The first-order chi connectivity index (χ1) is 12.2. The summed E-state index contributed by atoms with van der Waals surface area (Å²) in [4.78, 5) is 11.8. The first-order valence-electron chi connectivity index (χ1n) is 7.97. The van der Waals surface area contributed by atoms with Crippen LogP contribution < -0.4 is 16.6 Å². The van der Waals surface area contributed by atoms with Crippen LogP contribution in [0, 0.1) is 11.2 Å². The topological polar surface area (TPSA) is 67.1 Å². The number of hydrogen-bond donors (Lipinski definition) is 3. The molecule has 0 aromatic heterocycles. The number of amides is 1. The van der Waals surface area contributed by atoms with E-state index in [-0.39, 0.29) is 11.6 Å². The van der Waals surface area contributed by atoms with Gasteiger partial charge in [-0.3, -0.25) is 10.2 Å². The fourth-order valence-corrected chi connectivity index (χ4v) is 2.90. The maximum Gasteiger partial charge on any atom is 0.418 e. The molecule has 2 aromatic rings. The Bertz CT molecular complexity index is 814. The molecule has 3 rings (SSSR count). The number of halogens is 4. The Hall–Kier alpha value is -2.61. The van der Waals surface area contributed by atoms with Crippen molar-refractivity contribution in [1.29, 1.82) is 0 Å². The van der Waals surface area contributed by atoms with Crippen LogP contribution in [-0.2, 0) is 17.4 Å². The van der Waals surface area contributed by atoms with E-state index in [0.29, 0.717) is 18.2 Å². The van der Waals surface area contributed by atoms with Crippen LogP contribution in [0.4, 0.5) is 28.9 Å². The molecule has 4 nitrogen and oxygen atoms in total. The van der Waals surface area contributed by atoms with Crippen molar-refractivity contribution in [3.63, 3.8) is 0 Å². The SMILES string of the molecule is NNC(=O)C1(Cc2ccc(Nc3ccc(F)cc3C(F)(F)F)cc2)CC1. The van der Waals surface area contributed by atoms with E-state index in [9.17, 15) is 22.4 Å². The van der Waals surface area contributed by atoms with Gasteiger partial charge in [0.2, 0.25) is 5.91 Å². The Morgan fingerprint density at radius 2 is 1.77 bits per heavy atom. The number of nitrogens with one attached hydrogen (secondary N) is 2. The van der Waals surface area contributed by atoms with E-state index >= 15 is 0 Å². The van der Waals surface area contributed by atoms with Crippen LogP contribution in [0.25, 0.3) is 0 Å². The lowest BCUT2D eigenvalue weighted by Gasteiger charge is -2.16. The van der Waals surface area contributed by atoms with E-state index in [1.807, 2.05) is 0 Å². The van der Waals surface area contributed by atoms with Crippen LogP contribution in [0.15, 0.2) is 42.5 Å². The molecule has 2 aromatic carbocycles. The van der Waals surface area contributed by atoms with Gasteiger partial charge in [0, 0.05) is 5.69 Å². The number of carbonyl (C=O) groups excluding carboxylic acids is 1. The predicted octanol–water partition coefficient (Wildman–Crippen LogP) is 3.90. The highest BCUT2D eigenvalue weighted by atomic mass is 19.4. The highest BCUT2D eigenvalue weighted by Crippen LogP contribution is 2.48. The molecule has 0 saturated heterocycles. The molecule has 0 unspecified atom stereocenters. The molecule has 4 N–H and O–H groups in total. The van der Waals surface area contributed by atoms with Gasteiger partial charge in [0.05, 0.1) is 16.7 Å². The number of benzene rings is 2. The van der Waals surface area contributed by atoms with E-state index < -0.39 is 23.0 Å². The number of carbonyl (C=O) groups is 1. The smallest absolute Gasteiger partial charge is 0.355 e. The van der Waals surface area contributed by atoms with Gasteiger partial charge in [0.15, 0.2) is 0 Å². The lowest BCUT2D eigenvalue weighted by Crippen LogP contribution is -2.38. The minimum absolute atomic E-state index is 0.208. The third-order valence-electron chi connectivity index (χ3n) is 4.53. The Morgan fingerprint density at radius 1 is 1.12 bits per heavy atom. The lowest BCUT2D eigenvalue weighted by molar-refractivity contribution is -0.137. The highest BCUT2D eigenvalue weighted by Gasteiger charge is 2.49. The van der Waals surface area contributed by atoms with Crippen molar-refractivity contribution in [2.24, 2.45) is 11.3 Å². The van der Waals surface area contributed by atoms with Crippen molar-refractivity contribution >= 4 is 17.3 Å². The van der Waals surface area contributed by atoms with Gasteiger partial charge >= 0.3 is 6.18 Å². The van der Waals surface area contributed by atoms with Crippen molar-refractivity contribution in [3.05, 3.63) is 59.4 Å². The molecule has 0 heterocycles. The molecule has 1 saturated carbocycles. The Morgan fingerprint density at radius 3 is 2.31 bits per heavy atom. The molecule has 8 heteroatoms. The Labute approximate surface area is 147 Å². The van der Waals surface area contributed by atoms with Gasteiger partial charge < -0.3 is 5.32 Å². The summed E-state index contributed by atoms with van der Waals surface area (Å²) in [5, 5.41) is 2.66. The molecule has 0 radical (unpaired) electrons. The maximum absolute atomic E-state index is 13.2. The first kappa shape index (κ1) is 18.2. The van der Waals surface area contributed by atoms with Crippen LogP contribution in [0.1, 0.15) is 24.0 Å². The number of alkyl halides is 3. The number of hydrazine groups is 1. The monoisotopic (exact) mass is 367 g/mol. The van der Waals surface area contributed by atoms with Crippen molar-refractivity contribution < 1.29 is 22.4 Å². The van der Waals surface area contributed by atoms with E-state index in [2.05, 4.69) is 10.7 Å². The molecule has 1 aliphatic rings. The van der Waals surface area contributed by atoms with Gasteiger partial charge in [-0.1, -0.05) is 12.1 Å². The van der Waals surface area contributed by atoms with Gasteiger partial charge in [-0.05, 0) is 55.2 Å². The minimum atomic E-state index is -4.67. The summed E-state index contributed by atoms with van der Waals surface area (Å²) in [7, 11) is 0. The quantitative estimate of drug-likeness (QED) is 0.325. The number of rotatable bonds is 5. The second kappa shape index (κ2) is 6.60. The van der Waals surface area contributed by atoms with Crippen LogP contribution in [0.5, 0.6) is 0 Å². The lowest BCUT2D eigenvalue weighted by atomic mass is 9.95. The standard InChI is InChI=1S/C18H17F4N3O/c19-12-3-6-15(14(9-12)18(20,21)22)24-13-4-1-11(2-5-13)10-17(7-8-17)16(26)25-23/h1-6,9,24H,7-8,10,23H2,(H,25,26). The molecule has 1 amide bonds. The average Bonchev–Trinajstić information content (AvgIpc) is 3.37. The first-order valence-corrected chi connectivity index (χ1v) is 7.97. The van der Waals surface area contributed by atoms with Gasteiger partial charge in [-0.15, -0.1) is 0 Å². The molecule has 0 spiro atoms. The number of nitrogens with two attached hydrogens (primary N) is 1. The van der Waals surface area contributed by atoms with Gasteiger partial charge in [0.25, 0.3) is 0 Å². The zero-order chi connectivity index (χ0) is 18.9. The van der Waals surface area contributed by atoms with Crippen molar-refractivity contribution in [2.45, 2.75) is 25.4 Å². The number of anilines is 2. The van der Waals surface area contributed by atoms with Gasteiger partial charge in [-0.25, -0.2) is 10.2 Å². The summed E-state index contributed by atoms with van der Waals surface area (Å²) >= 11 is 0. The molecule has 0 aliphatic heterocycles. The fraction of sp³-hybridized carbons (Fsp3) is 0.278. The van der Waals surface area contributed by atoms with Crippen LogP contribution >= 0.6 is 0 Å². The summed E-state index contributed by atoms with van der Waals surface area (Å²) in [6.07, 6.45) is -2.65. The normalized spacial score (nSPS) is 15.4. The van der Waals surface area contributed by atoms with Crippen LogP contribution in [-0.4, -0.2) is 5.91 Å². The van der Waals surface area contributed by atoms with Crippen LogP contribution in [0.2, 0.25) is 0 Å². The molecule has 0 atom stereocenters. The fourth-order valence-electron chi connectivity index (χ4n) is 2.90. The van der Waals surface area contributed by atoms with Gasteiger partial charge in [-0.2, -0.15) is 13.2 Å². The number of hydrogen-bond acceptors (Lipinski definition) is 3. The molecule has 26 heavy (non-hydrogen) atoms. The Balaban J connectivity index is 1.76. The van der Waals surface area contributed by atoms with E-state index in [4.69, 9.17) is 5.84 Å². The second-order valence-corrected chi connectivity index (χ2v) is 6.44. The molecule has 1 aliphatic carbocycles. The summed E-state index contributed by atoms with van der Waals surface area (Å²) in [6.45, 7) is 0. The highest BCUT2D eigenvalue weighted by molar-refractivity contribution is 5.85. The maximum atomic E-state index is 13.2. The van der Waals surface area contributed by atoms with Crippen molar-refractivity contribution in [2.75, 3.05) is 5.32 Å². The zero-order valence-corrected chi connectivity index (χ0v) is 13.7. The molecule has 0 bridgehead atoms. The van der Waals surface area contributed by atoms with Crippen molar-refractivity contribution in [3.8, 4) is 0 Å². The minimum Gasteiger partial charge on any atom is -0.355 e. The van der Waals surface area contributed by atoms with E-state index in [0.717, 1.165) is 30.5 Å². The summed E-state index contributed by atoms with van der Waals surface area (Å²) < 4.78 is 52.3. The van der Waals surface area contributed by atoms with E-state index in [1.54, 1.807) is 24.3 Å². The summed E-state index contributed by atoms with van der Waals surface area (Å²) in [5.74, 6) is 4.03. The average molecular weight is 367 g/mol. The van der Waals surface area contributed by atoms with Gasteiger partial charge in [0.1, 0.15) is 5.82 Å². The third kappa shape index (κ3) is 3.80. The largest absolute Gasteiger partial charge is 0.418 e. The summed E-state index contributed by atoms with van der Waals surface area (Å²) in [6, 6.07) is 9.20. The second-order valence-electron chi connectivity index (χ2n) is 6.44. The molecule has 138 valence electrons. The predicted molar refractivity (Wildman–Crippen MR) is 88.8 cm³/mol. The van der Waals surface area contributed by atoms with E-state index in [1.165, 1.54) is 0 Å². The molecular weight excluding hydrogens is 350 g/mol. The van der Waals surface area contributed by atoms with Crippen LogP contribution in [0.3, 0.4) is 0 Å². The zero-order valence-electron chi connectivity index (χ0n) is 13.7. The Kier molecular flexibility index (Phi) is 4.62. The third-order valence-corrected chi connectivity index (χ3v) is 4.53. The molecular formula is C18H17F4N3O.